The standard InChI is InChI=1S/C14H11Br2NO2/c15-11-4-2-1-3-10(11)8-19-14(18)9-5-6-12(16)13(17)7-9/h1-7H,8,17H2. The van der Waals surface area contributed by atoms with E-state index in [4.69, 9.17) is 10.5 Å². The molecule has 0 aliphatic rings. The molecule has 2 aromatic rings. The molecule has 5 heteroatoms. The fourth-order valence-corrected chi connectivity index (χ4v) is 2.16. The Kier molecular flexibility index (Phi) is 4.61. The van der Waals surface area contributed by atoms with Gasteiger partial charge >= 0.3 is 5.97 Å². The lowest BCUT2D eigenvalue weighted by molar-refractivity contribution is 0.0472. The predicted octanol–water partition coefficient (Wildman–Crippen LogP) is 4.15. The van der Waals surface area contributed by atoms with E-state index in [-0.39, 0.29) is 6.61 Å². The molecule has 0 aliphatic carbocycles. The van der Waals surface area contributed by atoms with E-state index in [2.05, 4.69) is 31.9 Å². The second-order valence-corrected chi connectivity index (χ2v) is 5.61. The predicted molar refractivity (Wildman–Crippen MR) is 81.8 cm³/mol. The molecule has 0 aliphatic heterocycles. The summed E-state index contributed by atoms with van der Waals surface area (Å²) in [4.78, 5) is 11.9. The van der Waals surface area contributed by atoms with Crippen molar-refractivity contribution in [2.45, 2.75) is 6.61 Å². The van der Waals surface area contributed by atoms with E-state index in [1.54, 1.807) is 18.2 Å². The Balaban J connectivity index is 2.05. The Morgan fingerprint density at radius 1 is 1.11 bits per heavy atom. The van der Waals surface area contributed by atoms with E-state index in [0.29, 0.717) is 11.3 Å². The van der Waals surface area contributed by atoms with E-state index < -0.39 is 5.97 Å². The van der Waals surface area contributed by atoms with Crippen LogP contribution in [0.2, 0.25) is 0 Å². The Hall–Kier alpha value is -1.33. The van der Waals surface area contributed by atoms with Gasteiger partial charge in [-0.2, -0.15) is 0 Å². The summed E-state index contributed by atoms with van der Waals surface area (Å²) in [6.07, 6.45) is 0. The molecule has 0 fully saturated rings. The van der Waals surface area contributed by atoms with Gasteiger partial charge in [0.05, 0.1) is 5.56 Å². The third-order valence-electron chi connectivity index (χ3n) is 2.55. The summed E-state index contributed by atoms with van der Waals surface area (Å²) in [6.45, 7) is 0.218. The molecule has 3 nitrogen and oxygen atoms in total. The number of carbonyl (C=O) groups is 1. The Bertz CT molecular complexity index is 614. The Morgan fingerprint density at radius 2 is 1.84 bits per heavy atom. The second kappa shape index (κ2) is 6.21. The minimum absolute atomic E-state index is 0.218. The quantitative estimate of drug-likeness (QED) is 0.638. The van der Waals surface area contributed by atoms with Gasteiger partial charge in [0, 0.05) is 20.2 Å². The highest BCUT2D eigenvalue weighted by atomic mass is 79.9. The number of nitrogens with two attached hydrogens (primary N) is 1. The molecule has 98 valence electrons. The number of hydrogen-bond acceptors (Lipinski definition) is 3. The molecule has 0 saturated heterocycles. The van der Waals surface area contributed by atoms with E-state index in [1.807, 2.05) is 24.3 Å². The summed E-state index contributed by atoms with van der Waals surface area (Å²) in [6, 6.07) is 12.6. The van der Waals surface area contributed by atoms with Crippen molar-refractivity contribution < 1.29 is 9.53 Å². The molecule has 0 spiro atoms. The van der Waals surface area contributed by atoms with Gasteiger partial charge in [-0.3, -0.25) is 0 Å². The van der Waals surface area contributed by atoms with E-state index in [1.165, 1.54) is 0 Å². The molecule has 0 atom stereocenters. The number of anilines is 1. The van der Waals surface area contributed by atoms with Crippen molar-refractivity contribution in [1.29, 1.82) is 0 Å². The van der Waals surface area contributed by atoms with Crippen molar-refractivity contribution in [2.24, 2.45) is 0 Å². The first-order chi connectivity index (χ1) is 9.08. The van der Waals surface area contributed by atoms with Crippen LogP contribution in [0.4, 0.5) is 5.69 Å². The molecule has 0 aromatic heterocycles. The zero-order chi connectivity index (χ0) is 13.8. The van der Waals surface area contributed by atoms with Gasteiger partial charge in [-0.1, -0.05) is 34.1 Å². The summed E-state index contributed by atoms with van der Waals surface area (Å²) in [5.41, 5.74) is 7.59. The number of esters is 1. The van der Waals surface area contributed by atoms with Gasteiger partial charge in [-0.05, 0) is 40.2 Å². The van der Waals surface area contributed by atoms with Crippen molar-refractivity contribution in [3.8, 4) is 0 Å². The van der Waals surface area contributed by atoms with E-state index in [0.717, 1.165) is 14.5 Å². The van der Waals surface area contributed by atoms with Crippen LogP contribution < -0.4 is 5.73 Å². The van der Waals surface area contributed by atoms with E-state index >= 15 is 0 Å². The number of halogens is 2. The molecule has 0 bridgehead atoms. The first-order valence-corrected chi connectivity index (χ1v) is 7.12. The van der Waals surface area contributed by atoms with Crippen LogP contribution in [0.15, 0.2) is 51.4 Å². The lowest BCUT2D eigenvalue weighted by Gasteiger charge is -2.07. The van der Waals surface area contributed by atoms with Gasteiger partial charge < -0.3 is 10.5 Å². The molecule has 2 N–H and O–H groups in total. The SMILES string of the molecule is Nc1cc(C(=O)OCc2ccccc2Br)ccc1Br. The molecular formula is C14H11Br2NO2. The molecular weight excluding hydrogens is 374 g/mol. The summed E-state index contributed by atoms with van der Waals surface area (Å²) in [5.74, 6) is -0.394. The van der Waals surface area contributed by atoms with Crippen molar-refractivity contribution in [2.75, 3.05) is 5.73 Å². The van der Waals surface area contributed by atoms with Crippen molar-refractivity contribution >= 4 is 43.5 Å². The van der Waals surface area contributed by atoms with Gasteiger partial charge in [0.25, 0.3) is 0 Å². The van der Waals surface area contributed by atoms with Crippen LogP contribution in [0, 0.1) is 0 Å². The van der Waals surface area contributed by atoms with Crippen LogP contribution in [0.3, 0.4) is 0 Å². The molecule has 19 heavy (non-hydrogen) atoms. The minimum atomic E-state index is -0.394. The highest BCUT2D eigenvalue weighted by Crippen LogP contribution is 2.21. The normalized spacial score (nSPS) is 10.2. The van der Waals surface area contributed by atoms with Crippen LogP contribution in [-0.2, 0) is 11.3 Å². The number of benzene rings is 2. The number of hydrogen-bond donors (Lipinski definition) is 1. The summed E-state index contributed by atoms with van der Waals surface area (Å²) in [7, 11) is 0. The molecule has 0 heterocycles. The maximum atomic E-state index is 11.9. The van der Waals surface area contributed by atoms with Crippen LogP contribution in [0.5, 0.6) is 0 Å². The highest BCUT2D eigenvalue weighted by Gasteiger charge is 2.10. The maximum absolute atomic E-state index is 11.9. The van der Waals surface area contributed by atoms with Gasteiger partial charge in [-0.25, -0.2) is 4.79 Å². The summed E-state index contributed by atoms with van der Waals surface area (Å²) < 4.78 is 6.92. The van der Waals surface area contributed by atoms with Gasteiger partial charge in [-0.15, -0.1) is 0 Å². The Labute approximate surface area is 128 Å². The van der Waals surface area contributed by atoms with Gasteiger partial charge in [0.2, 0.25) is 0 Å². The average molecular weight is 385 g/mol. The molecule has 0 unspecified atom stereocenters. The van der Waals surface area contributed by atoms with Gasteiger partial charge in [0.15, 0.2) is 0 Å². The molecule has 0 radical (unpaired) electrons. The lowest BCUT2D eigenvalue weighted by Crippen LogP contribution is -2.06. The fourth-order valence-electron chi connectivity index (χ4n) is 1.51. The van der Waals surface area contributed by atoms with Crippen LogP contribution >= 0.6 is 31.9 Å². The molecule has 0 saturated carbocycles. The smallest absolute Gasteiger partial charge is 0.338 e. The van der Waals surface area contributed by atoms with Crippen molar-refractivity contribution in [1.82, 2.24) is 0 Å². The zero-order valence-corrected chi connectivity index (χ0v) is 13.1. The van der Waals surface area contributed by atoms with Crippen molar-refractivity contribution in [3.05, 3.63) is 62.5 Å². The zero-order valence-electron chi connectivity index (χ0n) is 9.90. The maximum Gasteiger partial charge on any atom is 0.338 e. The molecule has 0 amide bonds. The van der Waals surface area contributed by atoms with Crippen LogP contribution in [0.1, 0.15) is 15.9 Å². The summed E-state index contributed by atoms with van der Waals surface area (Å²) >= 11 is 6.69. The minimum Gasteiger partial charge on any atom is -0.457 e. The van der Waals surface area contributed by atoms with E-state index in [9.17, 15) is 4.79 Å². The average Bonchev–Trinajstić information content (AvgIpc) is 2.40. The first kappa shape index (κ1) is 14.1. The third-order valence-corrected chi connectivity index (χ3v) is 4.04. The molecule has 2 rings (SSSR count). The number of ether oxygens (including phenoxy) is 1. The largest absolute Gasteiger partial charge is 0.457 e. The first-order valence-electron chi connectivity index (χ1n) is 5.53. The number of carbonyl (C=O) groups excluding carboxylic acids is 1. The van der Waals surface area contributed by atoms with Crippen LogP contribution in [-0.4, -0.2) is 5.97 Å². The number of nitrogen functional groups attached to an aromatic ring is 1. The highest BCUT2D eigenvalue weighted by molar-refractivity contribution is 9.10. The second-order valence-electron chi connectivity index (χ2n) is 3.90. The monoisotopic (exact) mass is 383 g/mol. The topological polar surface area (TPSA) is 52.3 Å². The summed E-state index contributed by atoms with van der Waals surface area (Å²) in [5, 5.41) is 0. The fraction of sp³-hybridized carbons (Fsp3) is 0.0714. The van der Waals surface area contributed by atoms with Crippen molar-refractivity contribution in [3.63, 3.8) is 0 Å². The third kappa shape index (κ3) is 3.58. The lowest BCUT2D eigenvalue weighted by atomic mass is 10.2. The Morgan fingerprint density at radius 3 is 2.53 bits per heavy atom. The number of rotatable bonds is 3. The van der Waals surface area contributed by atoms with Crippen LogP contribution in [0.25, 0.3) is 0 Å². The van der Waals surface area contributed by atoms with Gasteiger partial charge in [0.1, 0.15) is 6.61 Å². The molecule has 2 aromatic carbocycles.